The minimum absolute atomic E-state index is 0.253. The Morgan fingerprint density at radius 3 is 2.48 bits per heavy atom. The van der Waals surface area contributed by atoms with E-state index in [1.165, 1.54) is 0 Å². The third-order valence-electron chi connectivity index (χ3n) is 2.93. The van der Waals surface area contributed by atoms with Crippen LogP contribution in [0, 0.1) is 6.92 Å². The fourth-order valence-corrected chi connectivity index (χ4v) is 2.42. The zero-order valence-electron chi connectivity index (χ0n) is 11.1. The van der Waals surface area contributed by atoms with E-state index < -0.39 is 0 Å². The first-order valence-electron chi connectivity index (χ1n) is 6.05. The first-order valence-corrected chi connectivity index (χ1v) is 7.22. The predicted octanol–water partition coefficient (Wildman–Crippen LogP) is 4.19. The summed E-state index contributed by atoms with van der Waals surface area (Å²) in [4.78, 5) is 12.5. The van der Waals surface area contributed by atoms with Gasteiger partial charge >= 0.3 is 0 Å². The van der Waals surface area contributed by atoms with E-state index in [1.807, 2.05) is 6.92 Å². The van der Waals surface area contributed by atoms with Gasteiger partial charge in [-0.15, -0.1) is 0 Å². The molecular weight excluding hydrogens is 327 g/mol. The van der Waals surface area contributed by atoms with Crippen LogP contribution in [0.1, 0.15) is 21.5 Å². The summed E-state index contributed by atoms with van der Waals surface area (Å²) >= 11 is 16.9. The van der Waals surface area contributed by atoms with Crippen LogP contribution >= 0.6 is 35.4 Å². The Balaban J connectivity index is 2.25. The van der Waals surface area contributed by atoms with E-state index in [0.717, 1.165) is 5.56 Å². The molecule has 0 heterocycles. The van der Waals surface area contributed by atoms with Gasteiger partial charge in [-0.05, 0) is 48.9 Å². The maximum atomic E-state index is 12.3. The Kier molecular flexibility index (Phi) is 4.83. The number of aryl methyl sites for hydroxylation is 1. The lowest BCUT2D eigenvalue weighted by molar-refractivity contribution is 0.102. The van der Waals surface area contributed by atoms with E-state index in [4.69, 9.17) is 41.2 Å². The van der Waals surface area contributed by atoms with Gasteiger partial charge in [0.25, 0.3) is 5.91 Å². The number of carbonyl (C=O) groups is 1. The zero-order valence-corrected chi connectivity index (χ0v) is 13.4. The maximum Gasteiger partial charge on any atom is 0.255 e. The second-order valence-corrected chi connectivity index (χ2v) is 5.76. The summed E-state index contributed by atoms with van der Waals surface area (Å²) in [5, 5.41) is 3.72. The lowest BCUT2D eigenvalue weighted by Crippen LogP contribution is -2.14. The molecule has 0 aromatic heterocycles. The van der Waals surface area contributed by atoms with Crippen LogP contribution in [0.25, 0.3) is 0 Å². The Labute approximate surface area is 138 Å². The number of carbonyl (C=O) groups excluding carboxylic acids is 1. The smallest absolute Gasteiger partial charge is 0.255 e. The van der Waals surface area contributed by atoms with Crippen LogP contribution in [0.5, 0.6) is 0 Å². The van der Waals surface area contributed by atoms with E-state index in [0.29, 0.717) is 26.9 Å². The number of hydrogen-bond donors (Lipinski definition) is 2. The minimum atomic E-state index is -0.255. The molecule has 0 aliphatic carbocycles. The van der Waals surface area contributed by atoms with Crippen LogP contribution in [0.4, 0.5) is 5.69 Å². The second-order valence-electron chi connectivity index (χ2n) is 4.47. The topological polar surface area (TPSA) is 55.1 Å². The largest absolute Gasteiger partial charge is 0.389 e. The quantitative estimate of drug-likeness (QED) is 0.825. The number of amides is 1. The first kappa shape index (κ1) is 15.8. The highest BCUT2D eigenvalue weighted by Crippen LogP contribution is 2.24. The molecule has 0 spiro atoms. The molecule has 2 aromatic carbocycles. The molecule has 3 nitrogen and oxygen atoms in total. The molecule has 3 N–H and O–H groups in total. The predicted molar refractivity (Wildman–Crippen MR) is 91.5 cm³/mol. The lowest BCUT2D eigenvalue weighted by Gasteiger charge is -2.10. The summed E-state index contributed by atoms with van der Waals surface area (Å²) in [6.07, 6.45) is 0. The monoisotopic (exact) mass is 338 g/mol. The van der Waals surface area contributed by atoms with Crippen LogP contribution in [0.3, 0.4) is 0 Å². The fraction of sp³-hybridized carbons (Fsp3) is 0.0667. The van der Waals surface area contributed by atoms with Crippen LogP contribution in [-0.4, -0.2) is 10.9 Å². The summed E-state index contributed by atoms with van der Waals surface area (Å²) < 4.78 is 0. The third-order valence-corrected chi connectivity index (χ3v) is 3.72. The Morgan fingerprint density at radius 2 is 1.90 bits per heavy atom. The number of halogens is 2. The Hall–Kier alpha value is -1.62. The normalized spacial score (nSPS) is 10.2. The van der Waals surface area contributed by atoms with Crippen molar-refractivity contribution >= 4 is 52.0 Å². The van der Waals surface area contributed by atoms with Crippen LogP contribution in [-0.2, 0) is 0 Å². The van der Waals surface area contributed by atoms with E-state index in [2.05, 4.69) is 5.32 Å². The van der Waals surface area contributed by atoms with Gasteiger partial charge in [-0.3, -0.25) is 4.79 Å². The van der Waals surface area contributed by atoms with Gasteiger partial charge < -0.3 is 11.1 Å². The standard InChI is InChI=1S/C15H12Cl2N2OS/c1-8-6-10(16)3-4-11(8)15(20)19-13-5-2-9(14(18)21)7-12(13)17/h2-7H,1H3,(H2,18,21)(H,19,20). The average molecular weight is 339 g/mol. The number of nitrogens with one attached hydrogen (secondary N) is 1. The molecule has 21 heavy (non-hydrogen) atoms. The fourth-order valence-electron chi connectivity index (χ4n) is 1.84. The van der Waals surface area contributed by atoms with Crippen molar-refractivity contribution in [2.45, 2.75) is 6.92 Å². The van der Waals surface area contributed by atoms with Gasteiger partial charge in [0.1, 0.15) is 4.99 Å². The molecule has 0 bridgehead atoms. The van der Waals surface area contributed by atoms with Crippen molar-refractivity contribution in [3.05, 3.63) is 63.1 Å². The van der Waals surface area contributed by atoms with Gasteiger partial charge in [0.2, 0.25) is 0 Å². The molecule has 0 radical (unpaired) electrons. The van der Waals surface area contributed by atoms with Crippen LogP contribution in [0.15, 0.2) is 36.4 Å². The molecule has 6 heteroatoms. The van der Waals surface area contributed by atoms with Gasteiger partial charge in [-0.1, -0.05) is 35.4 Å². The third kappa shape index (κ3) is 3.73. The number of rotatable bonds is 3. The van der Waals surface area contributed by atoms with Crippen molar-refractivity contribution in [3.8, 4) is 0 Å². The highest BCUT2D eigenvalue weighted by atomic mass is 35.5. The summed E-state index contributed by atoms with van der Waals surface area (Å²) in [6, 6.07) is 10.1. The van der Waals surface area contributed by atoms with Gasteiger partial charge in [0.15, 0.2) is 0 Å². The SMILES string of the molecule is Cc1cc(Cl)ccc1C(=O)Nc1ccc(C(N)=S)cc1Cl. The summed E-state index contributed by atoms with van der Waals surface area (Å²) in [5.74, 6) is -0.255. The molecule has 0 aliphatic rings. The Morgan fingerprint density at radius 1 is 1.19 bits per heavy atom. The van der Waals surface area contributed by atoms with Crippen LogP contribution in [0.2, 0.25) is 10.0 Å². The summed E-state index contributed by atoms with van der Waals surface area (Å²) in [6.45, 7) is 1.82. The van der Waals surface area contributed by atoms with Crippen molar-refractivity contribution in [2.75, 3.05) is 5.32 Å². The molecule has 2 rings (SSSR count). The molecule has 0 fully saturated rings. The first-order chi connectivity index (χ1) is 9.88. The van der Waals surface area contributed by atoms with Gasteiger partial charge in [0, 0.05) is 16.1 Å². The molecular formula is C15H12Cl2N2OS. The van der Waals surface area contributed by atoms with E-state index in [1.54, 1.807) is 36.4 Å². The average Bonchev–Trinajstić information content (AvgIpc) is 2.40. The molecule has 1 amide bonds. The maximum absolute atomic E-state index is 12.3. The molecule has 108 valence electrons. The number of anilines is 1. The molecule has 0 atom stereocenters. The van der Waals surface area contributed by atoms with Gasteiger partial charge in [0.05, 0.1) is 10.7 Å². The van der Waals surface area contributed by atoms with Crippen molar-refractivity contribution in [2.24, 2.45) is 5.73 Å². The molecule has 0 aliphatic heterocycles. The number of nitrogens with two attached hydrogens (primary N) is 1. The summed E-state index contributed by atoms with van der Waals surface area (Å²) in [5.41, 5.74) is 8.00. The lowest BCUT2D eigenvalue weighted by atomic mass is 10.1. The highest BCUT2D eigenvalue weighted by Gasteiger charge is 2.12. The molecule has 0 saturated carbocycles. The molecule has 0 unspecified atom stereocenters. The van der Waals surface area contributed by atoms with Crippen molar-refractivity contribution in [3.63, 3.8) is 0 Å². The van der Waals surface area contributed by atoms with Crippen LogP contribution < -0.4 is 11.1 Å². The van der Waals surface area contributed by atoms with Crippen molar-refractivity contribution in [1.82, 2.24) is 0 Å². The van der Waals surface area contributed by atoms with E-state index in [-0.39, 0.29) is 10.9 Å². The van der Waals surface area contributed by atoms with Crippen molar-refractivity contribution in [1.29, 1.82) is 0 Å². The zero-order chi connectivity index (χ0) is 15.6. The minimum Gasteiger partial charge on any atom is -0.389 e. The van der Waals surface area contributed by atoms with E-state index in [9.17, 15) is 4.79 Å². The summed E-state index contributed by atoms with van der Waals surface area (Å²) in [7, 11) is 0. The Bertz CT molecular complexity index is 732. The van der Waals surface area contributed by atoms with Gasteiger partial charge in [-0.2, -0.15) is 0 Å². The highest BCUT2D eigenvalue weighted by molar-refractivity contribution is 7.80. The van der Waals surface area contributed by atoms with Gasteiger partial charge in [-0.25, -0.2) is 0 Å². The number of thiocarbonyl (C=S) groups is 1. The second kappa shape index (κ2) is 6.43. The van der Waals surface area contributed by atoms with E-state index >= 15 is 0 Å². The number of hydrogen-bond acceptors (Lipinski definition) is 2. The number of benzene rings is 2. The van der Waals surface area contributed by atoms with Crippen molar-refractivity contribution < 1.29 is 4.79 Å². The molecule has 0 saturated heterocycles. The molecule has 2 aromatic rings.